The van der Waals surface area contributed by atoms with Crippen LogP contribution in [0.1, 0.15) is 21.5 Å². The number of nitrogens with two attached hydrogens (primary N) is 1. The van der Waals surface area contributed by atoms with Gasteiger partial charge in [0.05, 0.1) is 17.0 Å². The van der Waals surface area contributed by atoms with Crippen molar-refractivity contribution in [1.82, 2.24) is 19.9 Å². The van der Waals surface area contributed by atoms with Crippen LogP contribution in [0.5, 0.6) is 0 Å². The van der Waals surface area contributed by atoms with Crippen LogP contribution in [-0.2, 0) is 12.7 Å². The molecule has 10 heteroatoms. The number of nitrogens with zero attached hydrogens (tertiary/aromatic N) is 4. The zero-order valence-corrected chi connectivity index (χ0v) is 17.0. The van der Waals surface area contributed by atoms with E-state index in [2.05, 4.69) is 25.3 Å². The molecule has 0 radical (unpaired) electrons. The molecule has 4 rings (SSSR count). The number of pyridine rings is 2. The Kier molecular flexibility index (Phi) is 5.99. The molecule has 0 atom stereocenters. The minimum atomic E-state index is -4.70. The van der Waals surface area contributed by atoms with E-state index in [0.29, 0.717) is 6.20 Å². The minimum Gasteiger partial charge on any atom is -0.366 e. The summed E-state index contributed by atoms with van der Waals surface area (Å²) in [6.07, 6.45) is 0.0703. The van der Waals surface area contributed by atoms with Crippen molar-refractivity contribution < 1.29 is 18.0 Å². The average molecular weight is 450 g/mol. The Morgan fingerprint density at radius 1 is 0.970 bits per heavy atom. The van der Waals surface area contributed by atoms with Crippen molar-refractivity contribution in [1.29, 1.82) is 0 Å². The Morgan fingerprint density at radius 3 is 2.42 bits per heavy atom. The van der Waals surface area contributed by atoms with Gasteiger partial charge in [-0.3, -0.25) is 14.8 Å². The molecule has 0 unspecified atom stereocenters. The summed E-state index contributed by atoms with van der Waals surface area (Å²) in [7, 11) is 0. The van der Waals surface area contributed by atoms with E-state index in [-0.39, 0.29) is 23.6 Å². The van der Waals surface area contributed by atoms with E-state index in [1.54, 1.807) is 6.20 Å². The van der Waals surface area contributed by atoms with Gasteiger partial charge in [0.25, 0.3) is 0 Å². The summed E-state index contributed by atoms with van der Waals surface area (Å²) in [5, 5.41) is 2.93. The lowest BCUT2D eigenvalue weighted by Gasteiger charge is -2.14. The zero-order chi connectivity index (χ0) is 23.4. The smallest absolute Gasteiger partial charge is 0.366 e. The van der Waals surface area contributed by atoms with Gasteiger partial charge >= 0.3 is 6.18 Å². The van der Waals surface area contributed by atoms with Crippen molar-refractivity contribution in [3.63, 3.8) is 0 Å². The number of nitrogens with one attached hydrogen (secondary N) is 1. The molecule has 7 nitrogen and oxygen atoms in total. The number of hydrogen-bond donors (Lipinski definition) is 2. The molecule has 166 valence electrons. The summed E-state index contributed by atoms with van der Waals surface area (Å²) in [5.41, 5.74) is 6.40. The predicted molar refractivity (Wildman–Crippen MR) is 116 cm³/mol. The molecular formula is C23H17F3N6O. The molecule has 3 heterocycles. The maximum Gasteiger partial charge on any atom is 0.419 e. The van der Waals surface area contributed by atoms with E-state index in [1.807, 2.05) is 42.5 Å². The summed E-state index contributed by atoms with van der Waals surface area (Å²) in [5.74, 6) is -0.809. The number of alkyl halides is 3. The lowest BCUT2D eigenvalue weighted by molar-refractivity contribution is -0.137. The second-order valence-corrected chi connectivity index (χ2v) is 7.05. The number of hydrogen-bond acceptors (Lipinski definition) is 6. The quantitative estimate of drug-likeness (QED) is 0.453. The van der Waals surface area contributed by atoms with Crippen molar-refractivity contribution in [3.8, 4) is 22.5 Å². The highest BCUT2D eigenvalue weighted by Gasteiger charge is 2.35. The van der Waals surface area contributed by atoms with Crippen LogP contribution >= 0.6 is 0 Å². The third-order valence-corrected chi connectivity index (χ3v) is 4.76. The fraction of sp³-hybridized carbons (Fsp3) is 0.0870. The topological polar surface area (TPSA) is 107 Å². The monoisotopic (exact) mass is 450 g/mol. The largest absolute Gasteiger partial charge is 0.419 e. The lowest BCUT2D eigenvalue weighted by atomic mass is 10.1. The Bertz CT molecular complexity index is 1280. The fourth-order valence-corrected chi connectivity index (χ4v) is 3.11. The van der Waals surface area contributed by atoms with E-state index in [9.17, 15) is 18.0 Å². The Morgan fingerprint density at radius 2 is 1.76 bits per heavy atom. The van der Waals surface area contributed by atoms with Crippen molar-refractivity contribution in [3.05, 3.63) is 90.0 Å². The molecule has 0 aliphatic carbocycles. The minimum absolute atomic E-state index is 0.00344. The van der Waals surface area contributed by atoms with Gasteiger partial charge in [0.1, 0.15) is 5.56 Å². The third-order valence-electron chi connectivity index (χ3n) is 4.76. The number of halogens is 3. The maximum atomic E-state index is 13.5. The van der Waals surface area contributed by atoms with Gasteiger partial charge in [0.2, 0.25) is 11.9 Å². The number of anilines is 1. The van der Waals surface area contributed by atoms with E-state index < -0.39 is 23.3 Å². The van der Waals surface area contributed by atoms with Crippen LogP contribution in [0, 0.1) is 0 Å². The molecular weight excluding hydrogens is 433 g/mol. The number of aromatic nitrogens is 4. The predicted octanol–water partition coefficient (Wildman–Crippen LogP) is 4.33. The van der Waals surface area contributed by atoms with Crippen LogP contribution in [0.4, 0.5) is 19.1 Å². The number of rotatable bonds is 6. The van der Waals surface area contributed by atoms with Crippen molar-refractivity contribution >= 4 is 11.9 Å². The molecule has 1 amide bonds. The van der Waals surface area contributed by atoms with Gasteiger partial charge in [0, 0.05) is 42.5 Å². The van der Waals surface area contributed by atoms with Crippen LogP contribution in [0.2, 0.25) is 0 Å². The normalized spacial score (nSPS) is 11.2. The maximum absolute atomic E-state index is 13.5. The number of primary amides is 1. The molecule has 0 aliphatic rings. The van der Waals surface area contributed by atoms with Crippen LogP contribution in [0.15, 0.2) is 73.3 Å². The first kappa shape index (κ1) is 21.9. The SMILES string of the molecule is NC(=O)c1cncc(-c2nc(NCc3ccc(-c4ccccn4)cc3)ncc2C(F)(F)F)c1. The highest BCUT2D eigenvalue weighted by atomic mass is 19.4. The van der Waals surface area contributed by atoms with Crippen LogP contribution in [0.25, 0.3) is 22.5 Å². The molecule has 4 aromatic rings. The summed E-state index contributed by atoms with van der Waals surface area (Å²) < 4.78 is 40.6. The average Bonchev–Trinajstić information content (AvgIpc) is 2.83. The fourth-order valence-electron chi connectivity index (χ4n) is 3.11. The molecule has 3 N–H and O–H groups in total. The van der Waals surface area contributed by atoms with Gasteiger partial charge in [-0.2, -0.15) is 13.2 Å². The summed E-state index contributed by atoms with van der Waals surface area (Å²) in [6.45, 7) is 0.285. The molecule has 0 fully saturated rings. The molecule has 0 saturated carbocycles. The van der Waals surface area contributed by atoms with E-state index in [0.717, 1.165) is 16.8 Å². The second kappa shape index (κ2) is 9.03. The molecule has 33 heavy (non-hydrogen) atoms. The van der Waals surface area contributed by atoms with E-state index in [4.69, 9.17) is 5.73 Å². The Labute approximate surface area is 186 Å². The van der Waals surface area contributed by atoms with Gasteiger partial charge < -0.3 is 11.1 Å². The molecule has 0 saturated heterocycles. The highest BCUT2D eigenvalue weighted by molar-refractivity contribution is 5.93. The van der Waals surface area contributed by atoms with Crippen LogP contribution in [0.3, 0.4) is 0 Å². The highest BCUT2D eigenvalue weighted by Crippen LogP contribution is 2.36. The zero-order valence-electron chi connectivity index (χ0n) is 17.0. The standard InChI is InChI=1S/C23H17F3N6O/c24-23(25,26)18-13-31-22(32-20(18)16-9-17(21(27)33)12-28-11-16)30-10-14-4-6-15(7-5-14)19-3-1-2-8-29-19/h1-9,11-13H,10H2,(H2,27,33)(H,30,31,32). The first-order valence-electron chi connectivity index (χ1n) is 9.75. The van der Waals surface area contributed by atoms with Crippen LogP contribution < -0.4 is 11.1 Å². The van der Waals surface area contributed by atoms with Crippen molar-refractivity contribution in [2.75, 3.05) is 5.32 Å². The number of carbonyl (C=O) groups is 1. The van der Waals surface area contributed by atoms with Gasteiger partial charge in [0.15, 0.2) is 0 Å². The van der Waals surface area contributed by atoms with Crippen LogP contribution in [-0.4, -0.2) is 25.8 Å². The molecule has 3 aromatic heterocycles. The summed E-state index contributed by atoms with van der Waals surface area (Å²) >= 11 is 0. The van der Waals surface area contributed by atoms with Gasteiger partial charge in [-0.1, -0.05) is 30.3 Å². The Balaban J connectivity index is 1.58. The molecule has 1 aromatic carbocycles. The first-order valence-corrected chi connectivity index (χ1v) is 9.75. The Hall–Kier alpha value is -4.34. The summed E-state index contributed by atoms with van der Waals surface area (Å²) in [6, 6.07) is 14.4. The lowest BCUT2D eigenvalue weighted by Crippen LogP contribution is -2.14. The van der Waals surface area contributed by atoms with Crippen molar-refractivity contribution in [2.24, 2.45) is 5.73 Å². The van der Waals surface area contributed by atoms with E-state index in [1.165, 1.54) is 18.5 Å². The molecule has 0 aliphatic heterocycles. The van der Waals surface area contributed by atoms with Gasteiger partial charge in [-0.25, -0.2) is 9.97 Å². The van der Waals surface area contributed by atoms with Gasteiger partial charge in [-0.15, -0.1) is 0 Å². The number of carbonyl (C=O) groups excluding carboxylic acids is 1. The molecule has 0 spiro atoms. The number of benzene rings is 1. The second-order valence-electron chi connectivity index (χ2n) is 7.05. The summed E-state index contributed by atoms with van der Waals surface area (Å²) in [4.78, 5) is 27.4. The first-order chi connectivity index (χ1) is 15.8. The number of amides is 1. The van der Waals surface area contributed by atoms with E-state index >= 15 is 0 Å². The third kappa shape index (κ3) is 5.12. The van der Waals surface area contributed by atoms with Crippen molar-refractivity contribution in [2.45, 2.75) is 12.7 Å². The molecule has 0 bridgehead atoms. The van der Waals surface area contributed by atoms with Gasteiger partial charge in [-0.05, 0) is 23.8 Å².